The molecular weight excluding hydrogens is 443 g/mol. The molecule has 0 fully saturated rings. The first-order chi connectivity index (χ1) is 14.8. The maximum atomic E-state index is 12.4. The molecule has 3 rings (SSSR count). The van der Waals surface area contributed by atoms with Crippen LogP contribution in [0.2, 0.25) is 10.0 Å². The maximum absolute atomic E-state index is 12.4. The van der Waals surface area contributed by atoms with E-state index in [9.17, 15) is 19.5 Å². The van der Waals surface area contributed by atoms with E-state index in [1.807, 2.05) is 0 Å². The maximum Gasteiger partial charge on any atom is 0.307 e. The summed E-state index contributed by atoms with van der Waals surface area (Å²) in [6.45, 7) is 0.184. The Balaban J connectivity index is 1.57. The second kappa shape index (κ2) is 10.3. The predicted octanol–water partition coefficient (Wildman–Crippen LogP) is 4.00. The van der Waals surface area contributed by atoms with Crippen molar-refractivity contribution >= 4 is 41.0 Å². The quantitative estimate of drug-likeness (QED) is 0.444. The lowest BCUT2D eigenvalue weighted by Crippen LogP contribution is -2.47. The minimum absolute atomic E-state index is 0.184. The number of aliphatic carboxylic acids is 1. The van der Waals surface area contributed by atoms with E-state index in [1.165, 1.54) is 6.07 Å². The monoisotopic (exact) mass is 462 g/mol. The third-order valence-electron chi connectivity index (χ3n) is 4.89. The average Bonchev–Trinajstić information content (AvgIpc) is 2.76. The Bertz CT molecular complexity index is 1020. The van der Waals surface area contributed by atoms with Gasteiger partial charge in [0.05, 0.1) is 11.8 Å². The number of carboxylic acids is 1. The van der Waals surface area contributed by atoms with E-state index in [4.69, 9.17) is 27.9 Å². The van der Waals surface area contributed by atoms with Crippen LogP contribution in [0.3, 0.4) is 0 Å². The van der Waals surface area contributed by atoms with Gasteiger partial charge in [0.15, 0.2) is 0 Å². The molecule has 0 radical (unpaired) electrons. The number of nitrogens with one attached hydrogen (secondary N) is 2. The van der Waals surface area contributed by atoms with Crippen LogP contribution >= 0.6 is 23.2 Å². The van der Waals surface area contributed by atoms with Gasteiger partial charge in [-0.15, -0.1) is 0 Å². The number of allylic oxidation sites excluding steroid dienone is 2. The molecule has 2 aromatic rings. The van der Waals surface area contributed by atoms with Gasteiger partial charge in [-0.2, -0.15) is 0 Å². The molecular formula is C22H20Cl2N2O5. The number of hydrogen-bond acceptors (Lipinski definition) is 4. The molecule has 0 bridgehead atoms. The summed E-state index contributed by atoms with van der Waals surface area (Å²) >= 11 is 12.0. The number of amides is 2. The Morgan fingerprint density at radius 2 is 1.74 bits per heavy atom. The third-order valence-corrected chi connectivity index (χ3v) is 5.48. The van der Waals surface area contributed by atoms with Crippen LogP contribution in [-0.2, 0) is 16.2 Å². The molecule has 1 aliphatic rings. The first-order valence-electron chi connectivity index (χ1n) is 9.50. The lowest BCUT2D eigenvalue weighted by molar-refractivity contribution is -0.147. The first-order valence-corrected chi connectivity index (χ1v) is 10.3. The normalized spacial score (nSPS) is 17.6. The van der Waals surface area contributed by atoms with Crippen LogP contribution < -0.4 is 15.6 Å². The molecule has 0 spiro atoms. The Kier molecular flexibility index (Phi) is 7.55. The highest BCUT2D eigenvalue weighted by Gasteiger charge is 2.34. The highest BCUT2D eigenvalue weighted by molar-refractivity contribution is 6.35. The SMILES string of the molecule is O=C(NNC(=O)[C@H]1CC=CC[C@@H]1C(=O)O)c1cccc(OCc2ccc(Cl)cc2Cl)c1. The minimum Gasteiger partial charge on any atom is -0.489 e. The van der Waals surface area contributed by atoms with Gasteiger partial charge in [-0.3, -0.25) is 25.2 Å². The second-order valence-corrected chi connectivity index (χ2v) is 7.83. The number of halogens is 2. The van der Waals surface area contributed by atoms with Crippen LogP contribution in [0.15, 0.2) is 54.6 Å². The number of carboxylic acid groups (broad SMARTS) is 1. The van der Waals surface area contributed by atoms with Crippen LogP contribution in [0.1, 0.15) is 28.8 Å². The number of rotatable bonds is 6. The van der Waals surface area contributed by atoms with Crippen molar-refractivity contribution in [2.75, 3.05) is 0 Å². The first kappa shape index (κ1) is 22.7. The van der Waals surface area contributed by atoms with Crippen molar-refractivity contribution < 1.29 is 24.2 Å². The summed E-state index contributed by atoms with van der Waals surface area (Å²) in [7, 11) is 0. The van der Waals surface area contributed by atoms with Crippen molar-refractivity contribution in [1.29, 1.82) is 0 Å². The van der Waals surface area contributed by atoms with E-state index in [1.54, 1.807) is 48.6 Å². The Morgan fingerprint density at radius 3 is 2.45 bits per heavy atom. The molecule has 162 valence electrons. The van der Waals surface area contributed by atoms with Gasteiger partial charge in [0.2, 0.25) is 5.91 Å². The summed E-state index contributed by atoms with van der Waals surface area (Å²) < 4.78 is 5.70. The topological polar surface area (TPSA) is 105 Å². The molecule has 31 heavy (non-hydrogen) atoms. The van der Waals surface area contributed by atoms with Crippen molar-refractivity contribution in [3.8, 4) is 5.75 Å². The molecule has 0 aromatic heterocycles. The van der Waals surface area contributed by atoms with Crippen LogP contribution in [0.5, 0.6) is 5.75 Å². The van der Waals surface area contributed by atoms with Gasteiger partial charge < -0.3 is 9.84 Å². The van der Waals surface area contributed by atoms with Gasteiger partial charge in [0.1, 0.15) is 12.4 Å². The molecule has 7 nitrogen and oxygen atoms in total. The molecule has 0 heterocycles. The number of ether oxygens (including phenoxy) is 1. The van der Waals surface area contributed by atoms with Crippen molar-refractivity contribution in [2.45, 2.75) is 19.4 Å². The molecule has 9 heteroatoms. The third kappa shape index (κ3) is 5.99. The standard InChI is InChI=1S/C22H20Cl2N2O5/c23-15-9-8-14(19(24)11-15)12-31-16-5-3-4-13(10-16)20(27)25-26-21(28)17-6-1-2-7-18(17)22(29)30/h1-5,8-11,17-18H,6-7,12H2,(H,25,27)(H,26,28)(H,29,30)/t17-,18-/m0/s1. The zero-order valence-corrected chi connectivity index (χ0v) is 17.8. The highest BCUT2D eigenvalue weighted by Crippen LogP contribution is 2.26. The number of carbonyl (C=O) groups is 3. The van der Waals surface area contributed by atoms with Crippen molar-refractivity contribution in [3.05, 3.63) is 75.8 Å². The van der Waals surface area contributed by atoms with E-state index < -0.39 is 29.6 Å². The summed E-state index contributed by atoms with van der Waals surface area (Å²) in [6.07, 6.45) is 4.08. The van der Waals surface area contributed by atoms with Crippen molar-refractivity contribution in [1.82, 2.24) is 10.9 Å². The fourth-order valence-electron chi connectivity index (χ4n) is 3.19. The van der Waals surface area contributed by atoms with Gasteiger partial charge in [-0.05, 0) is 43.2 Å². The number of carbonyl (C=O) groups excluding carboxylic acids is 2. The summed E-state index contributed by atoms with van der Waals surface area (Å²) in [5.74, 6) is -3.27. The molecule has 2 amide bonds. The van der Waals surface area contributed by atoms with Crippen LogP contribution in [0.4, 0.5) is 0 Å². The van der Waals surface area contributed by atoms with Gasteiger partial charge >= 0.3 is 5.97 Å². The van der Waals surface area contributed by atoms with E-state index in [2.05, 4.69) is 10.9 Å². The Morgan fingerprint density at radius 1 is 1.00 bits per heavy atom. The van der Waals surface area contributed by atoms with Gasteiger partial charge in [-0.25, -0.2) is 0 Å². The summed E-state index contributed by atoms with van der Waals surface area (Å²) in [6, 6.07) is 11.5. The second-order valence-electron chi connectivity index (χ2n) is 6.99. The zero-order chi connectivity index (χ0) is 22.4. The number of hydrazine groups is 1. The van der Waals surface area contributed by atoms with Gasteiger partial charge in [-0.1, -0.05) is 47.5 Å². The van der Waals surface area contributed by atoms with Crippen molar-refractivity contribution in [2.24, 2.45) is 11.8 Å². The van der Waals surface area contributed by atoms with E-state index >= 15 is 0 Å². The summed E-state index contributed by atoms with van der Waals surface area (Å²) in [4.78, 5) is 36.1. The lowest BCUT2D eigenvalue weighted by atomic mass is 9.82. The zero-order valence-electron chi connectivity index (χ0n) is 16.3. The molecule has 3 N–H and O–H groups in total. The minimum atomic E-state index is -1.04. The van der Waals surface area contributed by atoms with Crippen LogP contribution in [0, 0.1) is 11.8 Å². The molecule has 0 saturated carbocycles. The fraction of sp³-hybridized carbons (Fsp3) is 0.227. The smallest absolute Gasteiger partial charge is 0.307 e. The highest BCUT2D eigenvalue weighted by atomic mass is 35.5. The van der Waals surface area contributed by atoms with Gasteiger partial charge in [0.25, 0.3) is 5.91 Å². The van der Waals surface area contributed by atoms with E-state index in [-0.39, 0.29) is 18.6 Å². The average molecular weight is 463 g/mol. The molecule has 1 aliphatic carbocycles. The molecule has 2 aromatic carbocycles. The molecule has 0 saturated heterocycles. The fourth-order valence-corrected chi connectivity index (χ4v) is 3.65. The van der Waals surface area contributed by atoms with Gasteiger partial charge in [0, 0.05) is 21.2 Å². The summed E-state index contributed by atoms with van der Waals surface area (Å²) in [5, 5.41) is 10.3. The molecule has 2 atom stereocenters. The number of hydrogen-bond donors (Lipinski definition) is 3. The molecule has 0 aliphatic heterocycles. The predicted molar refractivity (Wildman–Crippen MR) is 116 cm³/mol. The Hall–Kier alpha value is -3.03. The van der Waals surface area contributed by atoms with Crippen LogP contribution in [-0.4, -0.2) is 22.9 Å². The van der Waals surface area contributed by atoms with E-state index in [0.717, 1.165) is 5.56 Å². The molecule has 0 unspecified atom stereocenters. The van der Waals surface area contributed by atoms with Crippen molar-refractivity contribution in [3.63, 3.8) is 0 Å². The lowest BCUT2D eigenvalue weighted by Gasteiger charge is -2.24. The van der Waals surface area contributed by atoms with Crippen LogP contribution in [0.25, 0.3) is 0 Å². The number of benzene rings is 2. The van der Waals surface area contributed by atoms with E-state index in [0.29, 0.717) is 22.2 Å². The largest absolute Gasteiger partial charge is 0.489 e. The summed E-state index contributed by atoms with van der Waals surface area (Å²) in [5.41, 5.74) is 5.65. The Labute approximate surface area is 189 Å².